The average Bonchev–Trinajstić information content (AvgIpc) is 2.65. The second-order valence-corrected chi connectivity index (χ2v) is 9.16. The molecule has 0 saturated carbocycles. The van der Waals surface area contributed by atoms with E-state index in [0.29, 0.717) is 12.0 Å². The summed E-state index contributed by atoms with van der Waals surface area (Å²) in [5.41, 5.74) is 6.44. The lowest BCUT2D eigenvalue weighted by atomic mass is 10.1. The Hall–Kier alpha value is -3.06. The van der Waals surface area contributed by atoms with Crippen LogP contribution in [-0.4, -0.2) is 31.0 Å². The van der Waals surface area contributed by atoms with Crippen LogP contribution in [0.3, 0.4) is 0 Å². The van der Waals surface area contributed by atoms with Crippen molar-refractivity contribution in [1.82, 2.24) is 0 Å². The molecule has 30 heavy (non-hydrogen) atoms. The molecule has 3 rings (SSSR count). The molecule has 0 radical (unpaired) electrons. The van der Waals surface area contributed by atoms with E-state index in [1.165, 1.54) is 24.3 Å². The van der Waals surface area contributed by atoms with Crippen molar-refractivity contribution in [3.05, 3.63) is 48.0 Å². The maximum Gasteiger partial charge on any atom is 0.296 e. The molecule has 0 aromatic heterocycles. The third kappa shape index (κ3) is 4.26. The van der Waals surface area contributed by atoms with E-state index in [-0.39, 0.29) is 27.8 Å². The Labute approximate surface area is 172 Å². The molecule has 10 nitrogen and oxygen atoms in total. The third-order valence-electron chi connectivity index (χ3n) is 4.34. The van der Waals surface area contributed by atoms with Crippen LogP contribution in [0.4, 0.5) is 17.1 Å². The average molecular weight is 451 g/mol. The smallest absolute Gasteiger partial charge is 0.296 e. The molecule has 0 fully saturated rings. The number of nitrogen functional groups attached to an aromatic ring is 1. The molecule has 0 aliphatic rings. The summed E-state index contributed by atoms with van der Waals surface area (Å²) in [5.74, 6) is -0.530. The molecule has 5 N–H and O–H groups in total. The highest BCUT2D eigenvalue weighted by atomic mass is 32.2. The lowest BCUT2D eigenvalue weighted by Gasteiger charge is -2.09. The lowest BCUT2D eigenvalue weighted by Crippen LogP contribution is -1.99. The molecule has 0 aliphatic carbocycles. The summed E-state index contributed by atoms with van der Waals surface area (Å²) in [5, 5.41) is 18.4. The summed E-state index contributed by atoms with van der Waals surface area (Å²) >= 11 is 0. The zero-order chi connectivity index (χ0) is 22.3. The number of aromatic hydroxyl groups is 1. The number of fused-ring (bicyclic) bond motifs is 1. The first kappa shape index (κ1) is 21.6. The van der Waals surface area contributed by atoms with Crippen molar-refractivity contribution in [1.29, 1.82) is 0 Å². The van der Waals surface area contributed by atoms with Crippen molar-refractivity contribution in [2.45, 2.75) is 23.1 Å². The summed E-state index contributed by atoms with van der Waals surface area (Å²) in [6, 6.07) is 8.99. The molecule has 3 aromatic rings. The minimum absolute atomic E-state index is 0.0460. The predicted octanol–water partition coefficient (Wildman–Crippen LogP) is 3.60. The van der Waals surface area contributed by atoms with Gasteiger partial charge < -0.3 is 10.8 Å². The van der Waals surface area contributed by atoms with Crippen LogP contribution in [0.15, 0.2) is 62.5 Å². The van der Waals surface area contributed by atoms with Gasteiger partial charge in [-0.15, -0.1) is 10.2 Å². The number of hydrogen-bond donors (Lipinski definition) is 4. The number of nitrogens with two attached hydrogens (primary N) is 1. The number of benzene rings is 3. The summed E-state index contributed by atoms with van der Waals surface area (Å²) in [6.07, 6.45) is 0.528. The Balaban J connectivity index is 2.22. The maximum atomic E-state index is 11.7. The minimum Gasteiger partial charge on any atom is -0.507 e. The second kappa shape index (κ2) is 7.65. The number of rotatable bonds is 5. The molecule has 0 atom stereocenters. The number of azo groups is 1. The van der Waals surface area contributed by atoms with Gasteiger partial charge in [-0.25, -0.2) is 0 Å². The Morgan fingerprint density at radius 1 is 0.933 bits per heavy atom. The van der Waals surface area contributed by atoms with E-state index in [1.807, 2.05) is 6.92 Å². The van der Waals surface area contributed by atoms with E-state index in [2.05, 4.69) is 10.2 Å². The van der Waals surface area contributed by atoms with Crippen molar-refractivity contribution in [3.8, 4) is 5.75 Å². The van der Waals surface area contributed by atoms with Crippen LogP contribution in [0.5, 0.6) is 5.75 Å². The highest BCUT2D eigenvalue weighted by molar-refractivity contribution is 7.86. The quantitative estimate of drug-likeness (QED) is 0.258. The van der Waals surface area contributed by atoms with Crippen LogP contribution in [0.1, 0.15) is 12.5 Å². The van der Waals surface area contributed by atoms with Gasteiger partial charge in [0.2, 0.25) is 0 Å². The van der Waals surface area contributed by atoms with Crippen LogP contribution in [-0.2, 0) is 26.7 Å². The molecule has 158 valence electrons. The molecular weight excluding hydrogens is 434 g/mol. The summed E-state index contributed by atoms with van der Waals surface area (Å²) in [7, 11) is -9.15. The fourth-order valence-electron chi connectivity index (χ4n) is 2.84. The van der Waals surface area contributed by atoms with Crippen LogP contribution >= 0.6 is 0 Å². The standard InChI is InChI=1S/C18H17N3O7S2/c1-2-10-3-6-14(16(7-10)30(26,27)28)20-21-18-13(19)5-4-11-8-12(29(23,24)25)9-15(22)17(11)18/h3-9,22H,2,19H2,1H3,(H,23,24,25)(H,26,27,28). The number of phenolic OH excluding ortho intramolecular Hbond substituents is 1. The van der Waals surface area contributed by atoms with Crippen molar-refractivity contribution in [3.63, 3.8) is 0 Å². The molecule has 0 heterocycles. The van der Waals surface area contributed by atoms with Gasteiger partial charge in [0, 0.05) is 6.07 Å². The van der Waals surface area contributed by atoms with E-state index in [9.17, 15) is 31.0 Å². The zero-order valence-electron chi connectivity index (χ0n) is 15.5. The van der Waals surface area contributed by atoms with Crippen LogP contribution in [0.2, 0.25) is 0 Å². The highest BCUT2D eigenvalue weighted by Gasteiger charge is 2.18. The van der Waals surface area contributed by atoms with Gasteiger partial charge in [0.05, 0.1) is 16.0 Å². The Morgan fingerprint density at radius 2 is 1.63 bits per heavy atom. The number of anilines is 1. The first-order chi connectivity index (χ1) is 13.9. The monoisotopic (exact) mass is 451 g/mol. The number of nitrogens with zero attached hydrogens (tertiary/aromatic N) is 2. The molecule has 0 bridgehead atoms. The molecule has 12 heteroatoms. The van der Waals surface area contributed by atoms with Gasteiger partial charge >= 0.3 is 0 Å². The summed E-state index contributed by atoms with van der Waals surface area (Å²) in [6.45, 7) is 1.81. The maximum absolute atomic E-state index is 11.7. The molecule has 0 unspecified atom stereocenters. The topological polar surface area (TPSA) is 180 Å². The van der Waals surface area contributed by atoms with Gasteiger partial charge in [0.1, 0.15) is 22.0 Å². The minimum atomic E-state index is -4.58. The molecular formula is C18H17N3O7S2. The van der Waals surface area contributed by atoms with Gasteiger partial charge in [-0.3, -0.25) is 9.11 Å². The highest BCUT2D eigenvalue weighted by Crippen LogP contribution is 2.40. The predicted molar refractivity (Wildman–Crippen MR) is 110 cm³/mol. The summed E-state index contributed by atoms with van der Waals surface area (Å²) in [4.78, 5) is -0.966. The Morgan fingerprint density at radius 3 is 2.23 bits per heavy atom. The number of hydrogen-bond acceptors (Lipinski definition) is 8. The third-order valence-corrected chi connectivity index (χ3v) is 6.05. The van der Waals surface area contributed by atoms with E-state index in [4.69, 9.17) is 5.73 Å². The van der Waals surface area contributed by atoms with Crippen LogP contribution in [0, 0.1) is 0 Å². The van der Waals surface area contributed by atoms with Crippen molar-refractivity contribution < 1.29 is 31.0 Å². The largest absolute Gasteiger partial charge is 0.507 e. The van der Waals surface area contributed by atoms with Gasteiger partial charge in [0.25, 0.3) is 20.2 Å². The Kier molecular flexibility index (Phi) is 5.52. The summed E-state index contributed by atoms with van der Waals surface area (Å²) < 4.78 is 64.9. The molecule has 3 aromatic carbocycles. The fourth-order valence-corrected chi connectivity index (χ4v) is 4.05. The number of phenols is 1. The van der Waals surface area contributed by atoms with Crippen LogP contribution in [0.25, 0.3) is 10.8 Å². The first-order valence-electron chi connectivity index (χ1n) is 8.46. The van der Waals surface area contributed by atoms with Gasteiger partial charge in [-0.05, 0) is 41.6 Å². The van der Waals surface area contributed by atoms with Crippen molar-refractivity contribution >= 4 is 48.1 Å². The molecule has 0 spiro atoms. The normalized spacial score (nSPS) is 12.6. The zero-order valence-corrected chi connectivity index (χ0v) is 17.1. The van der Waals surface area contributed by atoms with E-state index < -0.39 is 35.8 Å². The van der Waals surface area contributed by atoms with E-state index >= 15 is 0 Å². The van der Waals surface area contributed by atoms with Gasteiger partial charge in [-0.2, -0.15) is 16.8 Å². The van der Waals surface area contributed by atoms with Crippen LogP contribution < -0.4 is 5.73 Å². The SMILES string of the molecule is CCc1ccc(N=Nc2c(N)ccc3cc(S(=O)(=O)O)cc(O)c23)c(S(=O)(=O)O)c1. The lowest BCUT2D eigenvalue weighted by molar-refractivity contribution is 0.471. The Bertz CT molecular complexity index is 1400. The van der Waals surface area contributed by atoms with Crippen molar-refractivity contribution in [2.75, 3.05) is 5.73 Å². The van der Waals surface area contributed by atoms with Crippen molar-refractivity contribution in [2.24, 2.45) is 10.2 Å². The van der Waals surface area contributed by atoms with E-state index in [1.54, 1.807) is 6.07 Å². The van der Waals surface area contributed by atoms with Gasteiger partial charge in [0.15, 0.2) is 0 Å². The molecule has 0 amide bonds. The molecule has 0 aliphatic heterocycles. The number of aryl methyl sites for hydroxylation is 1. The first-order valence-corrected chi connectivity index (χ1v) is 11.3. The van der Waals surface area contributed by atoms with Gasteiger partial charge in [-0.1, -0.05) is 19.1 Å². The second-order valence-electron chi connectivity index (χ2n) is 6.35. The van der Waals surface area contributed by atoms with E-state index in [0.717, 1.165) is 12.1 Å². The molecule has 0 saturated heterocycles. The fraction of sp³-hybridized carbons (Fsp3) is 0.111.